The third-order valence-electron chi connectivity index (χ3n) is 4.15. The number of nitrogens with zero attached hydrogens (tertiary/aromatic N) is 2. The van der Waals surface area contributed by atoms with Crippen molar-refractivity contribution >= 4 is 17.5 Å². The first kappa shape index (κ1) is 19.7. The standard InChI is InChI=1S/C19H18F3N3O3/c1-12-7-16(28-24-12)11-17(26)23-15-9-13(8-14(10-15)19(20,21)22)18(27)25-5-3-2-4-6-25/h2-3,7-10H,4-6,11H2,1H3,(H,23,26). The molecule has 2 aromatic rings. The molecular formula is C19H18F3N3O3. The number of rotatable bonds is 4. The van der Waals surface area contributed by atoms with Crippen LogP contribution in [0.2, 0.25) is 0 Å². The topological polar surface area (TPSA) is 75.4 Å². The molecule has 2 amide bonds. The molecule has 1 aromatic heterocycles. The lowest BCUT2D eigenvalue weighted by Gasteiger charge is -2.24. The van der Waals surface area contributed by atoms with Gasteiger partial charge in [0, 0.05) is 30.4 Å². The van der Waals surface area contributed by atoms with E-state index in [9.17, 15) is 22.8 Å². The fraction of sp³-hybridized carbons (Fsp3) is 0.316. The fourth-order valence-corrected chi connectivity index (χ4v) is 2.86. The number of amides is 2. The molecule has 2 heterocycles. The number of aryl methyl sites for hydroxylation is 1. The lowest BCUT2D eigenvalue weighted by atomic mass is 10.1. The van der Waals surface area contributed by atoms with Crippen LogP contribution in [-0.4, -0.2) is 35.0 Å². The van der Waals surface area contributed by atoms with Gasteiger partial charge in [0.25, 0.3) is 5.91 Å². The molecule has 6 nitrogen and oxygen atoms in total. The number of anilines is 1. The number of aromatic nitrogens is 1. The van der Waals surface area contributed by atoms with Crippen molar-refractivity contribution in [2.24, 2.45) is 0 Å². The van der Waals surface area contributed by atoms with Crippen molar-refractivity contribution < 1.29 is 27.3 Å². The van der Waals surface area contributed by atoms with Gasteiger partial charge >= 0.3 is 6.18 Å². The molecule has 0 radical (unpaired) electrons. The molecule has 1 N–H and O–H groups in total. The monoisotopic (exact) mass is 393 g/mol. The van der Waals surface area contributed by atoms with Gasteiger partial charge in [0.05, 0.1) is 17.7 Å². The molecule has 0 unspecified atom stereocenters. The quantitative estimate of drug-likeness (QED) is 0.806. The predicted molar refractivity (Wildman–Crippen MR) is 94.7 cm³/mol. The lowest BCUT2D eigenvalue weighted by Crippen LogP contribution is -2.34. The van der Waals surface area contributed by atoms with Crippen molar-refractivity contribution in [3.8, 4) is 0 Å². The summed E-state index contributed by atoms with van der Waals surface area (Å²) in [6, 6.07) is 4.41. The maximum absolute atomic E-state index is 13.3. The Balaban J connectivity index is 1.84. The second-order valence-electron chi connectivity index (χ2n) is 6.47. The SMILES string of the molecule is Cc1cc(CC(=O)Nc2cc(C(=O)N3CC=CCC3)cc(C(F)(F)F)c2)on1. The van der Waals surface area contributed by atoms with Crippen molar-refractivity contribution in [3.63, 3.8) is 0 Å². The summed E-state index contributed by atoms with van der Waals surface area (Å²) in [4.78, 5) is 26.2. The molecule has 0 atom stereocenters. The van der Waals surface area contributed by atoms with Crippen LogP contribution >= 0.6 is 0 Å². The smallest absolute Gasteiger partial charge is 0.361 e. The first-order valence-corrected chi connectivity index (χ1v) is 8.61. The number of hydrogen-bond donors (Lipinski definition) is 1. The molecular weight excluding hydrogens is 375 g/mol. The maximum atomic E-state index is 13.3. The number of benzene rings is 1. The number of hydrogen-bond acceptors (Lipinski definition) is 4. The molecule has 3 rings (SSSR count). The fourth-order valence-electron chi connectivity index (χ4n) is 2.86. The molecule has 0 aliphatic carbocycles. The zero-order chi connectivity index (χ0) is 20.3. The van der Waals surface area contributed by atoms with Gasteiger partial charge < -0.3 is 14.7 Å². The van der Waals surface area contributed by atoms with Crippen molar-refractivity contribution in [3.05, 3.63) is 59.0 Å². The molecule has 0 fully saturated rings. The summed E-state index contributed by atoms with van der Waals surface area (Å²) in [5, 5.41) is 6.05. The Morgan fingerprint density at radius 3 is 2.61 bits per heavy atom. The summed E-state index contributed by atoms with van der Waals surface area (Å²) >= 11 is 0. The van der Waals surface area contributed by atoms with Crippen LogP contribution in [0.5, 0.6) is 0 Å². The van der Waals surface area contributed by atoms with E-state index >= 15 is 0 Å². The summed E-state index contributed by atoms with van der Waals surface area (Å²) in [5.41, 5.74) is -0.648. The Hall–Kier alpha value is -3.10. The van der Waals surface area contributed by atoms with E-state index in [1.54, 1.807) is 19.1 Å². The molecule has 9 heteroatoms. The van der Waals surface area contributed by atoms with Gasteiger partial charge in [-0.2, -0.15) is 13.2 Å². The van der Waals surface area contributed by atoms with Crippen molar-refractivity contribution in [2.45, 2.75) is 25.9 Å². The van der Waals surface area contributed by atoms with Crippen LogP contribution in [0.3, 0.4) is 0 Å². The van der Waals surface area contributed by atoms with Gasteiger partial charge in [-0.3, -0.25) is 9.59 Å². The van der Waals surface area contributed by atoms with Crippen LogP contribution in [0.1, 0.15) is 33.8 Å². The van der Waals surface area contributed by atoms with Crippen molar-refractivity contribution in [2.75, 3.05) is 18.4 Å². The zero-order valence-electron chi connectivity index (χ0n) is 15.0. The number of nitrogens with one attached hydrogen (secondary N) is 1. The van der Waals surface area contributed by atoms with E-state index in [1.165, 1.54) is 11.0 Å². The molecule has 1 aliphatic rings. The first-order chi connectivity index (χ1) is 13.2. The average molecular weight is 393 g/mol. The highest BCUT2D eigenvalue weighted by Crippen LogP contribution is 2.32. The lowest BCUT2D eigenvalue weighted by molar-refractivity contribution is -0.137. The molecule has 1 aromatic carbocycles. The molecule has 1 aliphatic heterocycles. The van der Waals surface area contributed by atoms with Crippen LogP contribution in [0.15, 0.2) is 40.9 Å². The Kier molecular flexibility index (Phi) is 5.53. The van der Waals surface area contributed by atoms with Crippen molar-refractivity contribution in [1.29, 1.82) is 0 Å². The third-order valence-corrected chi connectivity index (χ3v) is 4.15. The number of carbonyl (C=O) groups excluding carboxylic acids is 2. The van der Waals surface area contributed by atoms with Gasteiger partial charge in [0.2, 0.25) is 5.91 Å². The second kappa shape index (κ2) is 7.87. The first-order valence-electron chi connectivity index (χ1n) is 8.61. The van der Waals surface area contributed by atoms with E-state index in [2.05, 4.69) is 10.5 Å². The van der Waals surface area contributed by atoms with E-state index < -0.39 is 23.6 Å². The minimum absolute atomic E-state index is 0.105. The van der Waals surface area contributed by atoms with Crippen LogP contribution < -0.4 is 5.32 Å². The van der Waals surface area contributed by atoms with Crippen LogP contribution in [0.25, 0.3) is 0 Å². The van der Waals surface area contributed by atoms with Gasteiger partial charge in [-0.05, 0) is 31.5 Å². The Labute approximate surface area is 159 Å². The van der Waals surface area contributed by atoms with Gasteiger partial charge in [-0.25, -0.2) is 0 Å². The molecule has 0 saturated carbocycles. The summed E-state index contributed by atoms with van der Waals surface area (Å²) in [6.45, 7) is 2.45. The summed E-state index contributed by atoms with van der Waals surface area (Å²) in [7, 11) is 0. The molecule has 0 spiro atoms. The Morgan fingerprint density at radius 1 is 1.21 bits per heavy atom. The van der Waals surface area contributed by atoms with E-state index in [-0.39, 0.29) is 17.7 Å². The average Bonchev–Trinajstić information content (AvgIpc) is 3.05. The minimum Gasteiger partial charge on any atom is -0.361 e. The molecule has 148 valence electrons. The highest BCUT2D eigenvalue weighted by Gasteiger charge is 2.32. The van der Waals surface area contributed by atoms with Gasteiger partial charge in [-0.15, -0.1) is 0 Å². The molecule has 28 heavy (non-hydrogen) atoms. The van der Waals surface area contributed by atoms with Gasteiger partial charge in [0.1, 0.15) is 5.76 Å². The van der Waals surface area contributed by atoms with Crippen LogP contribution in [0, 0.1) is 6.92 Å². The largest absolute Gasteiger partial charge is 0.416 e. The van der Waals surface area contributed by atoms with E-state index in [0.717, 1.165) is 12.1 Å². The summed E-state index contributed by atoms with van der Waals surface area (Å²) in [6.07, 6.45) is -0.494. The minimum atomic E-state index is -4.65. The van der Waals surface area contributed by atoms with Crippen LogP contribution in [0.4, 0.5) is 18.9 Å². The Morgan fingerprint density at radius 2 is 2.00 bits per heavy atom. The normalized spacial score (nSPS) is 14.2. The summed E-state index contributed by atoms with van der Waals surface area (Å²) in [5.74, 6) is -0.801. The van der Waals surface area contributed by atoms with Crippen molar-refractivity contribution in [1.82, 2.24) is 10.1 Å². The predicted octanol–water partition coefficient (Wildman–Crippen LogP) is 3.59. The third kappa shape index (κ3) is 4.79. The van der Waals surface area contributed by atoms with E-state index in [4.69, 9.17) is 4.52 Å². The molecule has 0 bridgehead atoms. The van der Waals surface area contributed by atoms with Gasteiger partial charge in [-0.1, -0.05) is 17.3 Å². The highest BCUT2D eigenvalue weighted by atomic mass is 19.4. The molecule has 0 saturated heterocycles. The second-order valence-corrected chi connectivity index (χ2v) is 6.47. The van der Waals surface area contributed by atoms with E-state index in [0.29, 0.717) is 31.0 Å². The Bertz CT molecular complexity index is 919. The zero-order valence-corrected chi connectivity index (χ0v) is 15.0. The summed E-state index contributed by atoms with van der Waals surface area (Å²) < 4.78 is 44.7. The van der Waals surface area contributed by atoms with Crippen LogP contribution in [-0.2, 0) is 17.4 Å². The maximum Gasteiger partial charge on any atom is 0.416 e. The van der Waals surface area contributed by atoms with Gasteiger partial charge in [0.15, 0.2) is 0 Å². The highest BCUT2D eigenvalue weighted by molar-refractivity contribution is 5.98. The van der Waals surface area contributed by atoms with E-state index in [1.807, 2.05) is 6.08 Å². The number of carbonyl (C=O) groups is 2. The number of alkyl halides is 3. The number of halogens is 3.